The number of likely N-dealkylation sites (N-methyl/N-ethyl adjacent to an activating group) is 1. The van der Waals surface area contributed by atoms with E-state index in [2.05, 4.69) is 110 Å². The molecule has 1 aliphatic rings. The van der Waals surface area contributed by atoms with Crippen LogP contribution in [-0.4, -0.2) is 17.6 Å². The van der Waals surface area contributed by atoms with Crippen molar-refractivity contribution in [1.82, 2.24) is 0 Å². The standard InChI is InChI=1S/C31H36N2O2.2CH4/c1-5-33-28-18-17-23(2)22-26(28)31(3,4)29(33)15-11-12-24-19-21-32(20-10-6-7-16-30(34)35)27-14-9-8-13-25(24)27;;/h8-9,11-15,17-19,21-22H,5-7,10,16,20H2,1-4H3;2*1H4/p+1. The van der Waals surface area contributed by atoms with E-state index in [1.54, 1.807) is 0 Å². The number of pyridine rings is 1. The Morgan fingerprint density at radius 1 is 1.05 bits per heavy atom. The van der Waals surface area contributed by atoms with Crippen LogP contribution in [0.5, 0.6) is 0 Å². The van der Waals surface area contributed by atoms with Gasteiger partial charge in [0.25, 0.3) is 0 Å². The lowest BCUT2D eigenvalue weighted by Gasteiger charge is -2.25. The van der Waals surface area contributed by atoms with Crippen LogP contribution in [0.2, 0.25) is 0 Å². The monoisotopic (exact) mass is 501 g/mol. The first kappa shape index (κ1) is 29.8. The number of carboxylic acid groups (broad SMARTS) is 1. The van der Waals surface area contributed by atoms with E-state index in [-0.39, 0.29) is 26.7 Å². The van der Waals surface area contributed by atoms with E-state index in [1.165, 1.54) is 39.0 Å². The quantitative estimate of drug-likeness (QED) is 0.238. The van der Waals surface area contributed by atoms with Crippen molar-refractivity contribution in [2.24, 2.45) is 0 Å². The van der Waals surface area contributed by atoms with Gasteiger partial charge in [0.2, 0.25) is 5.52 Å². The summed E-state index contributed by atoms with van der Waals surface area (Å²) in [5.41, 5.74) is 7.71. The number of unbranched alkanes of at least 4 members (excludes halogenated alkanes) is 2. The number of carbonyl (C=O) groups is 1. The maximum absolute atomic E-state index is 10.7. The molecule has 4 rings (SSSR count). The third-order valence-electron chi connectivity index (χ3n) is 7.14. The van der Waals surface area contributed by atoms with Crippen LogP contribution >= 0.6 is 0 Å². The Bertz CT molecular complexity index is 1290. The third kappa shape index (κ3) is 6.30. The topological polar surface area (TPSA) is 44.4 Å². The molecule has 2 aromatic carbocycles. The second-order valence-electron chi connectivity index (χ2n) is 9.99. The zero-order valence-electron chi connectivity index (χ0n) is 21.4. The van der Waals surface area contributed by atoms with E-state index in [1.807, 2.05) is 0 Å². The van der Waals surface area contributed by atoms with Crippen molar-refractivity contribution >= 4 is 28.6 Å². The normalized spacial score (nSPS) is 15.0. The van der Waals surface area contributed by atoms with Crippen LogP contribution in [0.3, 0.4) is 0 Å². The Morgan fingerprint density at radius 2 is 1.81 bits per heavy atom. The largest absolute Gasteiger partial charge is 0.481 e. The van der Waals surface area contributed by atoms with E-state index in [9.17, 15) is 4.79 Å². The van der Waals surface area contributed by atoms with Gasteiger partial charge >= 0.3 is 5.97 Å². The van der Waals surface area contributed by atoms with Crippen LogP contribution in [0.1, 0.15) is 78.0 Å². The Labute approximate surface area is 224 Å². The molecule has 3 aromatic rings. The van der Waals surface area contributed by atoms with Crippen molar-refractivity contribution in [3.05, 3.63) is 89.3 Å². The average Bonchev–Trinajstić information content (AvgIpc) is 3.05. The van der Waals surface area contributed by atoms with Crippen LogP contribution < -0.4 is 9.47 Å². The predicted molar refractivity (Wildman–Crippen MR) is 158 cm³/mol. The number of carboxylic acids is 1. The molecule has 198 valence electrons. The SMILES string of the molecule is C.C.CCN1/C(=C/C=Cc2cc[n+](CCCCCC(=O)O)c3ccccc23)C(C)(C)c2cc(C)ccc21. The minimum atomic E-state index is -0.712. The fourth-order valence-corrected chi connectivity index (χ4v) is 5.26. The van der Waals surface area contributed by atoms with Gasteiger partial charge in [0.05, 0.1) is 5.39 Å². The summed E-state index contributed by atoms with van der Waals surface area (Å²) < 4.78 is 2.28. The molecule has 4 heteroatoms. The molecule has 0 radical (unpaired) electrons. The number of nitrogens with zero attached hydrogens (tertiary/aromatic N) is 2. The fraction of sp³-hybridized carbons (Fsp3) is 0.394. The number of aromatic nitrogens is 1. The number of fused-ring (bicyclic) bond motifs is 2. The van der Waals surface area contributed by atoms with Crippen LogP contribution in [0.4, 0.5) is 5.69 Å². The highest BCUT2D eigenvalue weighted by atomic mass is 16.4. The van der Waals surface area contributed by atoms with Gasteiger partial charge in [-0.15, -0.1) is 0 Å². The van der Waals surface area contributed by atoms with Gasteiger partial charge in [-0.1, -0.05) is 70.7 Å². The Kier molecular flexibility index (Phi) is 10.2. The molecule has 0 saturated carbocycles. The number of aryl methyl sites for hydroxylation is 2. The fourth-order valence-electron chi connectivity index (χ4n) is 5.26. The lowest BCUT2D eigenvalue weighted by Crippen LogP contribution is -2.34. The molecule has 0 amide bonds. The molecule has 0 saturated heterocycles. The average molecular weight is 502 g/mol. The predicted octanol–water partition coefficient (Wildman–Crippen LogP) is 8.07. The van der Waals surface area contributed by atoms with Crippen LogP contribution in [0, 0.1) is 6.92 Å². The van der Waals surface area contributed by atoms with Gasteiger partial charge in [0, 0.05) is 48.3 Å². The molecule has 37 heavy (non-hydrogen) atoms. The van der Waals surface area contributed by atoms with Crippen molar-refractivity contribution in [3.8, 4) is 0 Å². The Hall–Kier alpha value is -3.40. The Morgan fingerprint density at radius 3 is 2.54 bits per heavy atom. The molecular formula is C33H45N2O2+. The molecular weight excluding hydrogens is 456 g/mol. The van der Waals surface area contributed by atoms with Gasteiger partial charge in [0.1, 0.15) is 6.54 Å². The van der Waals surface area contributed by atoms with Crippen molar-refractivity contribution in [1.29, 1.82) is 0 Å². The van der Waals surface area contributed by atoms with Gasteiger partial charge in [0.15, 0.2) is 6.20 Å². The molecule has 2 heterocycles. The molecule has 4 nitrogen and oxygen atoms in total. The molecule has 0 bridgehead atoms. The highest BCUT2D eigenvalue weighted by Crippen LogP contribution is 2.47. The number of rotatable bonds is 9. The summed E-state index contributed by atoms with van der Waals surface area (Å²) in [6.45, 7) is 10.9. The van der Waals surface area contributed by atoms with Crippen LogP contribution in [-0.2, 0) is 16.8 Å². The van der Waals surface area contributed by atoms with Gasteiger partial charge in [-0.05, 0) is 56.0 Å². The smallest absolute Gasteiger partial charge is 0.303 e. The van der Waals surface area contributed by atoms with Gasteiger partial charge in [-0.2, -0.15) is 4.57 Å². The number of para-hydroxylation sites is 1. The third-order valence-corrected chi connectivity index (χ3v) is 7.14. The summed E-state index contributed by atoms with van der Waals surface area (Å²) in [5, 5.41) is 10.1. The molecule has 1 aliphatic heterocycles. The lowest BCUT2D eigenvalue weighted by atomic mass is 9.83. The molecule has 0 aliphatic carbocycles. The van der Waals surface area contributed by atoms with E-state index < -0.39 is 5.97 Å². The number of aliphatic carboxylic acids is 1. The summed E-state index contributed by atoms with van der Waals surface area (Å²) in [6.07, 6.45) is 11.7. The van der Waals surface area contributed by atoms with Crippen molar-refractivity contribution in [2.45, 2.75) is 80.2 Å². The highest BCUT2D eigenvalue weighted by Gasteiger charge is 2.39. The van der Waals surface area contributed by atoms with Crippen molar-refractivity contribution < 1.29 is 14.5 Å². The summed E-state index contributed by atoms with van der Waals surface area (Å²) in [5.74, 6) is -0.712. The van der Waals surface area contributed by atoms with Gasteiger partial charge in [-0.25, -0.2) is 0 Å². The first-order valence-corrected chi connectivity index (χ1v) is 12.7. The molecule has 1 aromatic heterocycles. The van der Waals surface area contributed by atoms with E-state index in [0.29, 0.717) is 0 Å². The maximum atomic E-state index is 10.7. The molecule has 0 spiro atoms. The molecule has 0 atom stereocenters. The van der Waals surface area contributed by atoms with Gasteiger partial charge in [-0.3, -0.25) is 4.79 Å². The lowest BCUT2D eigenvalue weighted by molar-refractivity contribution is -0.671. The molecule has 0 unspecified atom stereocenters. The minimum absolute atomic E-state index is 0. The second-order valence-corrected chi connectivity index (χ2v) is 9.99. The zero-order chi connectivity index (χ0) is 25.0. The number of benzene rings is 2. The van der Waals surface area contributed by atoms with E-state index in [0.717, 1.165) is 32.4 Å². The highest BCUT2D eigenvalue weighted by molar-refractivity contribution is 5.85. The zero-order valence-corrected chi connectivity index (χ0v) is 21.4. The number of allylic oxidation sites excluding steroid dienone is 3. The second kappa shape index (κ2) is 12.7. The summed E-state index contributed by atoms with van der Waals surface area (Å²) >= 11 is 0. The molecule has 1 N–H and O–H groups in total. The van der Waals surface area contributed by atoms with Crippen molar-refractivity contribution in [3.63, 3.8) is 0 Å². The Balaban J connectivity index is 0.00000241. The first-order chi connectivity index (χ1) is 16.8. The van der Waals surface area contributed by atoms with E-state index in [4.69, 9.17) is 5.11 Å². The van der Waals surface area contributed by atoms with E-state index >= 15 is 0 Å². The summed E-state index contributed by atoms with van der Waals surface area (Å²) in [6, 6.07) is 17.5. The first-order valence-electron chi connectivity index (χ1n) is 12.7. The maximum Gasteiger partial charge on any atom is 0.303 e. The van der Waals surface area contributed by atoms with Gasteiger partial charge < -0.3 is 10.0 Å². The minimum Gasteiger partial charge on any atom is -0.481 e. The number of hydrogen-bond acceptors (Lipinski definition) is 2. The molecule has 0 fully saturated rings. The van der Waals surface area contributed by atoms with Crippen LogP contribution in [0.25, 0.3) is 17.0 Å². The van der Waals surface area contributed by atoms with Crippen molar-refractivity contribution in [2.75, 3.05) is 11.4 Å². The number of hydrogen-bond donors (Lipinski definition) is 1. The number of anilines is 1. The van der Waals surface area contributed by atoms with Crippen LogP contribution in [0.15, 0.2) is 72.6 Å². The summed E-state index contributed by atoms with van der Waals surface area (Å²) in [7, 11) is 0. The summed E-state index contributed by atoms with van der Waals surface area (Å²) in [4.78, 5) is 13.2.